The summed E-state index contributed by atoms with van der Waals surface area (Å²) in [6, 6.07) is 0. The van der Waals surface area contributed by atoms with Crippen LogP contribution in [0.25, 0.3) is 0 Å². The van der Waals surface area contributed by atoms with Crippen molar-refractivity contribution in [3.8, 4) is 0 Å². The molecule has 0 heterocycles. The van der Waals surface area contributed by atoms with Crippen LogP contribution in [-0.2, 0) is 9.59 Å². The van der Waals surface area contributed by atoms with Crippen molar-refractivity contribution in [2.75, 3.05) is 0 Å². The van der Waals surface area contributed by atoms with Gasteiger partial charge in [0, 0.05) is 0 Å². The number of hydrogen-bond donors (Lipinski definition) is 2. The van der Waals surface area contributed by atoms with E-state index < -0.39 is 23.8 Å². The zero-order valence-electron chi connectivity index (χ0n) is 7.19. The Bertz CT molecular complexity index is 179. The largest absolute Gasteiger partial charge is 0.481 e. The van der Waals surface area contributed by atoms with Crippen LogP contribution in [0, 0.1) is 11.8 Å². The highest BCUT2D eigenvalue weighted by Crippen LogP contribution is 2.30. The molecule has 0 unspecified atom stereocenters. The molecule has 1 saturated carbocycles. The summed E-state index contributed by atoms with van der Waals surface area (Å²) in [5.74, 6) is -3.28. The molecule has 5 nitrogen and oxygen atoms in total. The van der Waals surface area contributed by atoms with E-state index in [1.54, 1.807) is 0 Å². The highest BCUT2D eigenvalue weighted by Gasteiger charge is 2.35. The van der Waals surface area contributed by atoms with Gasteiger partial charge in [-0.3, -0.25) is 9.59 Å². The van der Waals surface area contributed by atoms with E-state index in [-0.39, 0.29) is 5.48 Å². The molecule has 0 spiro atoms. The van der Waals surface area contributed by atoms with Crippen LogP contribution in [0.15, 0.2) is 0 Å². The van der Waals surface area contributed by atoms with Crippen molar-refractivity contribution in [2.24, 2.45) is 11.8 Å². The predicted molar refractivity (Wildman–Crippen MR) is 44.3 cm³/mol. The molecule has 1 aliphatic rings. The Kier molecular flexibility index (Phi) is 4.40. The first-order valence-electron chi connectivity index (χ1n) is 4.08. The summed E-state index contributed by atoms with van der Waals surface area (Å²) >= 11 is 0. The molecule has 0 radical (unpaired) electrons. The quantitative estimate of drug-likeness (QED) is 0.645. The minimum atomic E-state index is -0.970. The Morgan fingerprint density at radius 1 is 0.923 bits per heavy atom. The Labute approximate surface area is 75.7 Å². The van der Waals surface area contributed by atoms with Crippen LogP contribution < -0.4 is 0 Å². The van der Waals surface area contributed by atoms with E-state index >= 15 is 0 Å². The molecule has 0 bridgehead atoms. The fourth-order valence-corrected chi connectivity index (χ4v) is 1.72. The van der Waals surface area contributed by atoms with Crippen LogP contribution in [0.4, 0.5) is 0 Å². The van der Waals surface area contributed by atoms with Gasteiger partial charge in [-0.2, -0.15) is 0 Å². The van der Waals surface area contributed by atoms with Gasteiger partial charge in [-0.15, -0.1) is 0 Å². The molecule has 0 aliphatic heterocycles. The van der Waals surface area contributed by atoms with Crippen LogP contribution in [0.3, 0.4) is 0 Å². The molecule has 0 aromatic carbocycles. The molecule has 0 aromatic rings. The molecule has 1 fully saturated rings. The number of carboxylic acids is 2. The average molecular weight is 190 g/mol. The second-order valence-electron chi connectivity index (χ2n) is 3.17. The van der Waals surface area contributed by atoms with Crippen molar-refractivity contribution in [3.63, 3.8) is 0 Å². The van der Waals surface area contributed by atoms with Gasteiger partial charge in [0.2, 0.25) is 0 Å². The van der Waals surface area contributed by atoms with Crippen molar-refractivity contribution < 1.29 is 25.3 Å². The number of carbonyl (C=O) groups is 2. The van der Waals surface area contributed by atoms with Gasteiger partial charge in [0.05, 0.1) is 11.8 Å². The van der Waals surface area contributed by atoms with Gasteiger partial charge in [-0.25, -0.2) is 0 Å². The third-order valence-corrected chi connectivity index (χ3v) is 2.40. The van der Waals surface area contributed by atoms with Crippen LogP contribution >= 0.6 is 0 Å². The Morgan fingerprint density at radius 3 is 1.46 bits per heavy atom. The predicted octanol–water partition coefficient (Wildman–Crippen LogP) is 0.137. The van der Waals surface area contributed by atoms with Crippen LogP contribution in [0.2, 0.25) is 0 Å². The molecule has 76 valence electrons. The second kappa shape index (κ2) is 4.81. The van der Waals surface area contributed by atoms with Crippen molar-refractivity contribution >= 4 is 11.9 Å². The van der Waals surface area contributed by atoms with E-state index in [1.165, 1.54) is 0 Å². The van der Waals surface area contributed by atoms with Gasteiger partial charge in [0.15, 0.2) is 0 Å². The second-order valence-corrected chi connectivity index (χ2v) is 3.17. The Morgan fingerprint density at radius 2 is 1.23 bits per heavy atom. The molecule has 0 saturated heterocycles. The van der Waals surface area contributed by atoms with E-state index in [9.17, 15) is 9.59 Å². The van der Waals surface area contributed by atoms with Crippen LogP contribution in [0.5, 0.6) is 0 Å². The molecule has 0 amide bonds. The Hall–Kier alpha value is -1.10. The molecule has 5 heteroatoms. The topological polar surface area (TPSA) is 106 Å². The molecular formula is C8H14O5. The maximum atomic E-state index is 10.6. The standard InChI is InChI=1S/C8H12O4.H2O/c9-7(10)5-3-1-2-4-6(5)8(11)12;/h5-6H,1-4H2,(H,9,10)(H,11,12);1H2/t5-,6+;. The van der Waals surface area contributed by atoms with Crippen molar-refractivity contribution in [2.45, 2.75) is 25.7 Å². The molecule has 4 N–H and O–H groups in total. The van der Waals surface area contributed by atoms with Gasteiger partial charge in [0.1, 0.15) is 0 Å². The number of hydrogen-bond acceptors (Lipinski definition) is 2. The third-order valence-electron chi connectivity index (χ3n) is 2.40. The van der Waals surface area contributed by atoms with Crippen molar-refractivity contribution in [3.05, 3.63) is 0 Å². The molecule has 1 rings (SSSR count). The molecular weight excluding hydrogens is 176 g/mol. The third kappa shape index (κ3) is 2.69. The summed E-state index contributed by atoms with van der Waals surface area (Å²) in [5.41, 5.74) is 0. The average Bonchev–Trinajstić information content (AvgIpc) is 2.04. The molecule has 0 aromatic heterocycles. The maximum Gasteiger partial charge on any atom is 0.307 e. The molecule has 13 heavy (non-hydrogen) atoms. The zero-order valence-corrected chi connectivity index (χ0v) is 7.19. The fraction of sp³-hybridized carbons (Fsp3) is 0.750. The van der Waals surface area contributed by atoms with E-state index in [1.807, 2.05) is 0 Å². The summed E-state index contributed by atoms with van der Waals surface area (Å²) in [6.45, 7) is 0. The maximum absolute atomic E-state index is 10.6. The van der Waals surface area contributed by atoms with Gasteiger partial charge >= 0.3 is 11.9 Å². The van der Waals surface area contributed by atoms with E-state index in [4.69, 9.17) is 10.2 Å². The first-order valence-corrected chi connectivity index (χ1v) is 4.08. The lowest BCUT2D eigenvalue weighted by atomic mass is 9.79. The fourth-order valence-electron chi connectivity index (χ4n) is 1.72. The highest BCUT2D eigenvalue weighted by molar-refractivity contribution is 5.80. The van der Waals surface area contributed by atoms with Gasteiger partial charge in [-0.05, 0) is 12.8 Å². The van der Waals surface area contributed by atoms with E-state index in [0.717, 1.165) is 12.8 Å². The van der Waals surface area contributed by atoms with E-state index in [0.29, 0.717) is 12.8 Å². The first-order chi connectivity index (χ1) is 5.63. The van der Waals surface area contributed by atoms with Crippen LogP contribution in [0.1, 0.15) is 25.7 Å². The monoisotopic (exact) mass is 190 g/mol. The SMILES string of the molecule is O.O=C(O)[C@H]1CCCC[C@H]1C(=O)O. The summed E-state index contributed by atoms with van der Waals surface area (Å²) in [7, 11) is 0. The summed E-state index contributed by atoms with van der Waals surface area (Å²) in [4.78, 5) is 21.2. The van der Waals surface area contributed by atoms with Crippen LogP contribution in [-0.4, -0.2) is 27.6 Å². The summed E-state index contributed by atoms with van der Waals surface area (Å²) in [6.07, 6.45) is 2.68. The van der Waals surface area contributed by atoms with E-state index in [2.05, 4.69) is 0 Å². The lowest BCUT2D eigenvalue weighted by molar-refractivity contribution is -0.155. The highest BCUT2D eigenvalue weighted by atomic mass is 16.4. The van der Waals surface area contributed by atoms with Crippen molar-refractivity contribution in [1.29, 1.82) is 0 Å². The Balaban J connectivity index is 0.00000144. The lowest BCUT2D eigenvalue weighted by Gasteiger charge is -2.24. The minimum Gasteiger partial charge on any atom is -0.481 e. The summed E-state index contributed by atoms with van der Waals surface area (Å²) in [5, 5.41) is 17.4. The molecule has 2 atom stereocenters. The van der Waals surface area contributed by atoms with Gasteiger partial charge in [-0.1, -0.05) is 12.8 Å². The normalized spacial score (nSPS) is 27.4. The zero-order chi connectivity index (χ0) is 9.14. The van der Waals surface area contributed by atoms with Gasteiger partial charge < -0.3 is 15.7 Å². The number of carboxylic acid groups (broad SMARTS) is 2. The van der Waals surface area contributed by atoms with Gasteiger partial charge in [0.25, 0.3) is 0 Å². The van der Waals surface area contributed by atoms with Crippen molar-refractivity contribution in [1.82, 2.24) is 0 Å². The minimum absolute atomic E-state index is 0. The molecule has 1 aliphatic carbocycles. The number of rotatable bonds is 2. The lowest BCUT2D eigenvalue weighted by Crippen LogP contribution is -2.32. The summed E-state index contributed by atoms with van der Waals surface area (Å²) < 4.78 is 0. The first kappa shape index (κ1) is 11.9. The number of aliphatic carboxylic acids is 2. The smallest absolute Gasteiger partial charge is 0.307 e.